The van der Waals surface area contributed by atoms with Crippen LogP contribution in [0.25, 0.3) is 17.0 Å². The van der Waals surface area contributed by atoms with Crippen molar-refractivity contribution in [2.75, 3.05) is 11.9 Å². The van der Waals surface area contributed by atoms with Crippen molar-refractivity contribution in [1.29, 1.82) is 0 Å². The normalized spacial score (nSPS) is 11.2. The van der Waals surface area contributed by atoms with Crippen molar-refractivity contribution < 1.29 is 15.0 Å². The third kappa shape index (κ3) is 4.05. The molecule has 0 spiro atoms. The summed E-state index contributed by atoms with van der Waals surface area (Å²) in [5, 5.41) is 23.0. The van der Waals surface area contributed by atoms with Gasteiger partial charge in [-0.25, -0.2) is 0 Å². The van der Waals surface area contributed by atoms with Crippen LogP contribution in [-0.2, 0) is 0 Å². The Morgan fingerprint density at radius 2 is 2.07 bits per heavy atom. The fourth-order valence-electron chi connectivity index (χ4n) is 3.19. The number of aromatic nitrogens is 1. The molecule has 0 unspecified atom stereocenters. The van der Waals surface area contributed by atoms with Crippen molar-refractivity contribution >= 4 is 34.1 Å². The molecule has 0 bridgehead atoms. The van der Waals surface area contributed by atoms with Gasteiger partial charge in [-0.2, -0.15) is 0 Å². The van der Waals surface area contributed by atoms with Crippen molar-refractivity contribution in [1.82, 2.24) is 4.98 Å². The number of aliphatic hydroxyl groups is 1. The van der Waals surface area contributed by atoms with Gasteiger partial charge in [0.05, 0.1) is 23.4 Å². The van der Waals surface area contributed by atoms with Crippen LogP contribution >= 0.6 is 0 Å². The van der Waals surface area contributed by atoms with Gasteiger partial charge in [0.2, 0.25) is 0 Å². The quantitative estimate of drug-likeness (QED) is 0.400. The number of rotatable bonds is 7. The van der Waals surface area contributed by atoms with Crippen LogP contribution in [0.3, 0.4) is 0 Å². The summed E-state index contributed by atoms with van der Waals surface area (Å²) >= 11 is 0. The molecule has 0 saturated carbocycles. The van der Waals surface area contributed by atoms with Crippen molar-refractivity contribution in [3.05, 3.63) is 65.4 Å². The second-order valence-electron chi connectivity index (χ2n) is 6.67. The lowest BCUT2D eigenvalue weighted by molar-refractivity contribution is 0.0982. The number of phenols is 1. The van der Waals surface area contributed by atoms with E-state index in [1.165, 1.54) is 0 Å². The molecule has 28 heavy (non-hydrogen) atoms. The van der Waals surface area contributed by atoms with Gasteiger partial charge in [-0.15, -0.1) is 0 Å². The molecule has 3 aromatic rings. The number of carbonyl (C=O) groups excluding carboxylic acids is 1. The van der Waals surface area contributed by atoms with Gasteiger partial charge in [0.15, 0.2) is 5.78 Å². The van der Waals surface area contributed by atoms with E-state index in [0.29, 0.717) is 17.7 Å². The van der Waals surface area contributed by atoms with Gasteiger partial charge >= 0.3 is 0 Å². The largest absolute Gasteiger partial charge is 0.508 e. The maximum absolute atomic E-state index is 12.7. The summed E-state index contributed by atoms with van der Waals surface area (Å²) in [6.07, 6.45) is 6.30. The Balaban J connectivity index is 2.21. The number of nitrogens with zero attached hydrogens (tertiary/aromatic N) is 1. The SMILES string of the molecule is CCCC(=O)c1cnc2c(/C=C\CO)cccc2c1Nc1ccc(O)cc1C. The van der Waals surface area contributed by atoms with Gasteiger partial charge in [0, 0.05) is 29.3 Å². The maximum atomic E-state index is 12.7. The summed E-state index contributed by atoms with van der Waals surface area (Å²) in [4.78, 5) is 17.3. The first-order valence-electron chi connectivity index (χ1n) is 9.34. The van der Waals surface area contributed by atoms with E-state index in [-0.39, 0.29) is 18.1 Å². The lowest BCUT2D eigenvalue weighted by Crippen LogP contribution is -2.06. The molecule has 0 radical (unpaired) electrons. The number of fused-ring (bicyclic) bond motifs is 1. The molecule has 2 aromatic carbocycles. The number of hydrogen-bond donors (Lipinski definition) is 3. The Morgan fingerprint density at radius 1 is 1.25 bits per heavy atom. The zero-order valence-electron chi connectivity index (χ0n) is 16.1. The molecule has 3 N–H and O–H groups in total. The smallest absolute Gasteiger partial charge is 0.166 e. The van der Waals surface area contributed by atoms with Crippen LogP contribution in [-0.4, -0.2) is 27.6 Å². The second kappa shape index (κ2) is 8.67. The lowest BCUT2D eigenvalue weighted by Gasteiger charge is -2.16. The molecule has 0 atom stereocenters. The number of benzene rings is 2. The van der Waals surface area contributed by atoms with Crippen LogP contribution in [0.15, 0.2) is 48.7 Å². The highest BCUT2D eigenvalue weighted by Crippen LogP contribution is 2.33. The number of pyridine rings is 1. The minimum Gasteiger partial charge on any atom is -0.508 e. The van der Waals surface area contributed by atoms with Gasteiger partial charge < -0.3 is 15.5 Å². The number of ketones is 1. The highest BCUT2D eigenvalue weighted by atomic mass is 16.3. The average Bonchev–Trinajstić information content (AvgIpc) is 2.68. The lowest BCUT2D eigenvalue weighted by atomic mass is 10.0. The standard InChI is InChI=1S/C23H24N2O3/c1-3-6-21(28)19-14-24-22-16(8-5-12-26)7-4-9-18(22)23(19)25-20-11-10-17(27)13-15(20)2/h4-5,7-11,13-14,26-27H,3,6,12H2,1-2H3,(H,24,25)/b8-5-. The van der Waals surface area contributed by atoms with E-state index in [9.17, 15) is 9.90 Å². The molecule has 144 valence electrons. The Hall–Kier alpha value is -3.18. The molecule has 0 aliphatic rings. The van der Waals surface area contributed by atoms with Crippen LogP contribution in [0.4, 0.5) is 11.4 Å². The number of aromatic hydroxyl groups is 1. The molecule has 5 heteroatoms. The van der Waals surface area contributed by atoms with Crippen LogP contribution in [0.1, 0.15) is 41.3 Å². The topological polar surface area (TPSA) is 82.5 Å². The van der Waals surface area contributed by atoms with Crippen molar-refractivity contribution in [2.24, 2.45) is 0 Å². The Labute approximate surface area is 164 Å². The number of nitrogens with one attached hydrogen (secondary N) is 1. The van der Waals surface area contributed by atoms with Crippen LogP contribution in [0.2, 0.25) is 0 Å². The third-order valence-corrected chi connectivity index (χ3v) is 4.58. The molecule has 1 aromatic heterocycles. The van der Waals surface area contributed by atoms with Crippen molar-refractivity contribution in [3.8, 4) is 5.75 Å². The summed E-state index contributed by atoms with van der Waals surface area (Å²) < 4.78 is 0. The molecule has 5 nitrogen and oxygen atoms in total. The number of carbonyl (C=O) groups is 1. The first kappa shape index (κ1) is 19.6. The first-order valence-corrected chi connectivity index (χ1v) is 9.34. The van der Waals surface area contributed by atoms with E-state index < -0.39 is 0 Å². The monoisotopic (exact) mass is 376 g/mol. The van der Waals surface area contributed by atoms with E-state index in [1.54, 1.807) is 30.5 Å². The Morgan fingerprint density at radius 3 is 2.79 bits per heavy atom. The molecule has 1 heterocycles. The molecule has 3 rings (SSSR count). The number of para-hydroxylation sites is 1. The molecule has 0 fully saturated rings. The minimum atomic E-state index is -0.0543. The van der Waals surface area contributed by atoms with E-state index >= 15 is 0 Å². The first-order chi connectivity index (χ1) is 13.5. The van der Waals surface area contributed by atoms with Gasteiger partial charge in [-0.05, 0) is 37.1 Å². The van der Waals surface area contributed by atoms with Gasteiger partial charge in [-0.3, -0.25) is 9.78 Å². The molecule has 0 saturated heterocycles. The third-order valence-electron chi connectivity index (χ3n) is 4.58. The van der Waals surface area contributed by atoms with Gasteiger partial charge in [0.1, 0.15) is 5.75 Å². The highest BCUT2D eigenvalue weighted by molar-refractivity contribution is 6.10. The zero-order valence-corrected chi connectivity index (χ0v) is 16.1. The highest BCUT2D eigenvalue weighted by Gasteiger charge is 2.17. The number of hydrogen-bond acceptors (Lipinski definition) is 5. The number of aryl methyl sites for hydroxylation is 1. The second-order valence-corrected chi connectivity index (χ2v) is 6.67. The van der Waals surface area contributed by atoms with Gasteiger partial charge in [-0.1, -0.05) is 37.3 Å². The van der Waals surface area contributed by atoms with Crippen LogP contribution in [0, 0.1) is 6.92 Å². The zero-order chi connectivity index (χ0) is 20.1. The van der Waals surface area contributed by atoms with Crippen molar-refractivity contribution in [2.45, 2.75) is 26.7 Å². The van der Waals surface area contributed by atoms with Crippen LogP contribution in [0.5, 0.6) is 5.75 Å². The minimum absolute atomic E-state index is 0.0344. The molecule has 0 aliphatic heterocycles. The van der Waals surface area contributed by atoms with Crippen molar-refractivity contribution in [3.63, 3.8) is 0 Å². The van der Waals surface area contributed by atoms with E-state index in [4.69, 9.17) is 5.11 Å². The number of Topliss-reactive ketones (excluding diaryl/α,β-unsaturated/α-hetero) is 1. The van der Waals surface area contributed by atoms with Crippen LogP contribution < -0.4 is 5.32 Å². The van der Waals surface area contributed by atoms with E-state index in [1.807, 2.05) is 38.1 Å². The maximum Gasteiger partial charge on any atom is 0.166 e. The fourth-order valence-corrected chi connectivity index (χ4v) is 3.19. The summed E-state index contributed by atoms with van der Waals surface area (Å²) in [5.41, 5.74) is 4.55. The summed E-state index contributed by atoms with van der Waals surface area (Å²) in [6, 6.07) is 10.8. The molecule has 0 aliphatic carbocycles. The van der Waals surface area contributed by atoms with E-state index in [0.717, 1.165) is 34.1 Å². The van der Waals surface area contributed by atoms with E-state index in [2.05, 4.69) is 10.3 Å². The molecular formula is C23H24N2O3. The number of phenolic OH excluding ortho intramolecular Hbond substituents is 1. The average molecular weight is 376 g/mol. The summed E-state index contributed by atoms with van der Waals surface area (Å²) in [5.74, 6) is 0.230. The summed E-state index contributed by atoms with van der Waals surface area (Å²) in [6.45, 7) is 3.82. The number of anilines is 2. The Bertz CT molecular complexity index is 1040. The predicted molar refractivity (Wildman–Crippen MR) is 113 cm³/mol. The molecular weight excluding hydrogens is 352 g/mol. The fraction of sp³-hybridized carbons (Fsp3) is 0.217. The summed E-state index contributed by atoms with van der Waals surface area (Å²) in [7, 11) is 0. The number of aliphatic hydroxyl groups excluding tert-OH is 1. The predicted octanol–water partition coefficient (Wildman–Crippen LogP) is 4.98. The molecule has 0 amide bonds. The van der Waals surface area contributed by atoms with Gasteiger partial charge in [0.25, 0.3) is 0 Å². The Kier molecular flexibility index (Phi) is 6.06.